The number of ether oxygens (including phenoxy) is 1. The van der Waals surface area contributed by atoms with Gasteiger partial charge < -0.3 is 10.1 Å². The maximum absolute atomic E-state index is 13.9. The van der Waals surface area contributed by atoms with Crippen molar-refractivity contribution in [2.45, 2.75) is 77.6 Å². The van der Waals surface area contributed by atoms with Gasteiger partial charge in [-0.2, -0.15) is 13.2 Å². The molecule has 0 aliphatic carbocycles. The second kappa shape index (κ2) is 11.3. The zero-order chi connectivity index (χ0) is 28.3. The zero-order valence-corrected chi connectivity index (χ0v) is 22.9. The molecule has 8 heteroatoms. The minimum Gasteiger partial charge on any atom is -0.450 e. The lowest BCUT2D eigenvalue weighted by Crippen LogP contribution is -2.45. The van der Waals surface area contributed by atoms with E-state index in [4.69, 9.17) is 4.74 Å². The lowest BCUT2D eigenvalue weighted by molar-refractivity contribution is -0.158. The molecule has 0 spiro atoms. The fourth-order valence-corrected chi connectivity index (χ4v) is 5.55. The molecule has 1 atom stereocenters. The molecular weight excluding hydrogens is 503 g/mol. The van der Waals surface area contributed by atoms with E-state index >= 15 is 0 Å². The van der Waals surface area contributed by atoms with Crippen molar-refractivity contribution in [1.29, 1.82) is 0 Å². The van der Waals surface area contributed by atoms with Crippen LogP contribution in [0.4, 0.5) is 13.2 Å². The van der Waals surface area contributed by atoms with Crippen LogP contribution in [0.5, 0.6) is 0 Å². The number of alkyl halides is 3. The minimum absolute atomic E-state index is 0.0587. The fourth-order valence-electron chi connectivity index (χ4n) is 5.55. The Kier molecular flexibility index (Phi) is 8.20. The predicted octanol–water partition coefficient (Wildman–Crippen LogP) is 6.80. The lowest BCUT2D eigenvalue weighted by atomic mass is 9.84. The second-order valence-corrected chi connectivity index (χ2v) is 11.1. The first-order chi connectivity index (χ1) is 18.5. The average molecular weight is 540 g/mol. The molecule has 2 aliphatic rings. The fraction of sp³-hybridized carbons (Fsp3) is 0.452. The first-order valence-corrected chi connectivity index (χ1v) is 13.5. The van der Waals surface area contributed by atoms with Crippen LogP contribution in [0.3, 0.4) is 0 Å². The predicted molar refractivity (Wildman–Crippen MR) is 144 cm³/mol. The molecule has 1 fully saturated rings. The van der Waals surface area contributed by atoms with Gasteiger partial charge >= 0.3 is 12.1 Å². The Balaban J connectivity index is 1.72. The first kappa shape index (κ1) is 28.4. The molecule has 1 saturated heterocycles. The van der Waals surface area contributed by atoms with Gasteiger partial charge in [0.2, 0.25) is 0 Å². The smallest absolute Gasteiger partial charge is 0.416 e. The summed E-state index contributed by atoms with van der Waals surface area (Å²) in [5, 5.41) is 5.41. The Morgan fingerprint density at radius 1 is 1.03 bits per heavy atom. The summed E-state index contributed by atoms with van der Waals surface area (Å²) in [6.45, 7) is 8.89. The maximum atomic E-state index is 13.9. The van der Waals surface area contributed by atoms with Gasteiger partial charge in [-0.15, -0.1) is 0 Å². The summed E-state index contributed by atoms with van der Waals surface area (Å²) in [4.78, 5) is 13.9. The monoisotopic (exact) mass is 539 g/mol. The lowest BCUT2D eigenvalue weighted by Gasteiger charge is -2.35. The van der Waals surface area contributed by atoms with Crippen LogP contribution in [0.1, 0.15) is 82.5 Å². The van der Waals surface area contributed by atoms with E-state index in [-0.39, 0.29) is 17.0 Å². The standard InChI is InChI=1S/C31H36F3N3O2/c1-5-17-30(18-6-2,23-12-14-24(15-13-23)31(32,33)34)39-28(38)25-16-19-35-37-21-29(3,4)20-26(36-27(25)37)22-10-8-7-9-11-22/h7-15,26,35-36H,5-6,17-18,20-21H2,1-4H3. The van der Waals surface area contributed by atoms with Crippen molar-refractivity contribution in [2.75, 3.05) is 6.54 Å². The highest BCUT2D eigenvalue weighted by molar-refractivity contribution is 5.94. The van der Waals surface area contributed by atoms with Crippen LogP contribution in [0, 0.1) is 17.4 Å². The SMILES string of the molecule is CCCC(CCC)(OC(=O)C1=C2NC(c3ccccc3)CC(C)(C)CN2NC#C1)c1ccc(C(F)(F)F)cc1. The van der Waals surface area contributed by atoms with Gasteiger partial charge in [-0.1, -0.05) is 83.0 Å². The Hall–Kier alpha value is -3.60. The van der Waals surface area contributed by atoms with E-state index in [0.717, 1.165) is 24.1 Å². The molecule has 39 heavy (non-hydrogen) atoms. The first-order valence-electron chi connectivity index (χ1n) is 13.5. The van der Waals surface area contributed by atoms with E-state index in [1.807, 2.05) is 37.1 Å². The number of esters is 1. The number of benzene rings is 2. The van der Waals surface area contributed by atoms with Crippen molar-refractivity contribution in [2.24, 2.45) is 5.41 Å². The van der Waals surface area contributed by atoms with Gasteiger partial charge in [-0.25, -0.2) is 4.79 Å². The number of rotatable bonds is 8. The van der Waals surface area contributed by atoms with Crippen molar-refractivity contribution in [3.63, 3.8) is 0 Å². The third-order valence-corrected chi connectivity index (χ3v) is 7.28. The number of fused-ring (bicyclic) bond motifs is 1. The van der Waals surface area contributed by atoms with Gasteiger partial charge in [-0.3, -0.25) is 10.4 Å². The molecule has 2 heterocycles. The third kappa shape index (κ3) is 6.35. The molecule has 2 aliphatic heterocycles. The van der Waals surface area contributed by atoms with E-state index in [0.29, 0.717) is 43.6 Å². The van der Waals surface area contributed by atoms with Crippen molar-refractivity contribution in [3.05, 3.63) is 82.7 Å². The highest BCUT2D eigenvalue weighted by Gasteiger charge is 2.40. The van der Waals surface area contributed by atoms with Crippen LogP contribution in [0.25, 0.3) is 0 Å². The second-order valence-electron chi connectivity index (χ2n) is 11.1. The van der Waals surface area contributed by atoms with Crippen LogP contribution in [0.2, 0.25) is 0 Å². The normalized spacial score (nSPS) is 18.6. The topological polar surface area (TPSA) is 53.6 Å². The molecule has 0 aromatic heterocycles. The van der Waals surface area contributed by atoms with Crippen molar-refractivity contribution in [1.82, 2.24) is 15.8 Å². The molecule has 0 radical (unpaired) electrons. The number of nitrogens with zero attached hydrogens (tertiary/aromatic N) is 1. The number of hydrazine groups is 1. The zero-order valence-electron chi connectivity index (χ0n) is 22.9. The molecule has 4 rings (SSSR count). The summed E-state index contributed by atoms with van der Waals surface area (Å²) >= 11 is 0. The highest BCUT2D eigenvalue weighted by Crippen LogP contribution is 2.40. The summed E-state index contributed by atoms with van der Waals surface area (Å²) in [5.74, 6) is 2.88. The largest absolute Gasteiger partial charge is 0.450 e. The summed E-state index contributed by atoms with van der Waals surface area (Å²) in [7, 11) is 0. The highest BCUT2D eigenvalue weighted by atomic mass is 19.4. The molecule has 2 aromatic rings. The molecule has 0 bridgehead atoms. The van der Waals surface area contributed by atoms with Gasteiger partial charge in [0.25, 0.3) is 0 Å². The van der Waals surface area contributed by atoms with Crippen LogP contribution >= 0.6 is 0 Å². The summed E-state index contributed by atoms with van der Waals surface area (Å²) in [6.07, 6.45) is -1.30. The van der Waals surface area contributed by atoms with Gasteiger partial charge in [0.1, 0.15) is 11.4 Å². The summed E-state index contributed by atoms with van der Waals surface area (Å²) in [6, 6.07) is 17.8. The van der Waals surface area contributed by atoms with Crippen LogP contribution in [-0.2, 0) is 21.3 Å². The molecule has 2 N–H and O–H groups in total. The molecule has 5 nitrogen and oxygen atoms in total. The molecule has 208 valence electrons. The van der Waals surface area contributed by atoms with Crippen LogP contribution in [0.15, 0.2) is 66.0 Å². The number of carbonyl (C=O) groups is 1. The summed E-state index contributed by atoms with van der Waals surface area (Å²) in [5.41, 5.74) is 3.02. The van der Waals surface area contributed by atoms with E-state index < -0.39 is 23.3 Å². The Bertz CT molecular complexity index is 1250. The van der Waals surface area contributed by atoms with Crippen molar-refractivity contribution >= 4 is 5.97 Å². The van der Waals surface area contributed by atoms with E-state index in [1.54, 1.807) is 0 Å². The van der Waals surface area contributed by atoms with E-state index in [2.05, 4.69) is 48.7 Å². The third-order valence-electron chi connectivity index (χ3n) is 7.28. The molecule has 0 amide bonds. The molecule has 2 aromatic carbocycles. The molecular formula is C31H36F3N3O2. The number of carbonyl (C=O) groups excluding carboxylic acids is 1. The van der Waals surface area contributed by atoms with E-state index in [1.165, 1.54) is 12.1 Å². The number of nitrogens with one attached hydrogen (secondary N) is 2. The number of hydrogen-bond donors (Lipinski definition) is 2. The van der Waals surface area contributed by atoms with E-state index in [9.17, 15) is 18.0 Å². The average Bonchev–Trinajstić information content (AvgIpc) is 3.03. The number of halogens is 3. The number of hydrogen-bond acceptors (Lipinski definition) is 5. The molecule has 0 saturated carbocycles. The van der Waals surface area contributed by atoms with Crippen molar-refractivity contribution < 1.29 is 22.7 Å². The van der Waals surface area contributed by atoms with Gasteiger partial charge in [0.05, 0.1) is 11.6 Å². The summed E-state index contributed by atoms with van der Waals surface area (Å²) < 4.78 is 46.0. The molecule has 1 unspecified atom stereocenters. The van der Waals surface area contributed by atoms with Crippen LogP contribution < -0.4 is 10.7 Å². The minimum atomic E-state index is -4.44. The quantitative estimate of drug-likeness (QED) is 0.286. The van der Waals surface area contributed by atoms with Gasteiger partial charge in [-0.05, 0) is 53.9 Å². The van der Waals surface area contributed by atoms with Gasteiger partial charge in [0.15, 0.2) is 5.57 Å². The Morgan fingerprint density at radius 3 is 2.23 bits per heavy atom. The Labute approximate surface area is 228 Å². The maximum Gasteiger partial charge on any atom is 0.416 e. The Morgan fingerprint density at radius 2 is 1.64 bits per heavy atom. The van der Waals surface area contributed by atoms with Gasteiger partial charge in [0, 0.05) is 12.6 Å². The van der Waals surface area contributed by atoms with Crippen molar-refractivity contribution in [3.8, 4) is 12.0 Å². The van der Waals surface area contributed by atoms with Crippen LogP contribution in [-0.4, -0.2) is 17.5 Å².